The molecule has 2 rings (SSSR count). The van der Waals surface area contributed by atoms with E-state index < -0.39 is 5.97 Å². The minimum atomic E-state index is -0.994. The Morgan fingerprint density at radius 3 is 2.84 bits per heavy atom. The molecule has 0 aliphatic heterocycles. The van der Waals surface area contributed by atoms with Crippen LogP contribution < -0.4 is 4.74 Å². The van der Waals surface area contributed by atoms with Gasteiger partial charge in [-0.15, -0.1) is 0 Å². The number of carboxylic acid groups (broad SMARTS) is 1. The van der Waals surface area contributed by atoms with Crippen molar-refractivity contribution >= 4 is 5.97 Å². The SMILES string of the molecule is CC1CC(Oc2ccncc2C(=O)O)CC(C)(C)C1. The highest BCUT2D eigenvalue weighted by molar-refractivity contribution is 5.90. The molecular weight excluding hydrogens is 242 g/mol. The third-order valence-electron chi connectivity index (χ3n) is 3.65. The maximum Gasteiger partial charge on any atom is 0.341 e. The number of hydrogen-bond acceptors (Lipinski definition) is 3. The van der Waals surface area contributed by atoms with Gasteiger partial charge in [-0.3, -0.25) is 4.98 Å². The molecule has 4 heteroatoms. The number of aromatic nitrogens is 1. The van der Waals surface area contributed by atoms with Gasteiger partial charge in [0.05, 0.1) is 6.10 Å². The Labute approximate surface area is 113 Å². The second-order valence-electron chi connectivity index (χ2n) is 6.33. The summed E-state index contributed by atoms with van der Waals surface area (Å²) in [5.74, 6) is 0.0347. The Kier molecular flexibility index (Phi) is 3.78. The van der Waals surface area contributed by atoms with Gasteiger partial charge in [0.1, 0.15) is 11.3 Å². The van der Waals surface area contributed by atoms with Gasteiger partial charge in [-0.05, 0) is 36.7 Å². The summed E-state index contributed by atoms with van der Waals surface area (Å²) in [6, 6.07) is 1.63. The molecule has 19 heavy (non-hydrogen) atoms. The summed E-state index contributed by atoms with van der Waals surface area (Å²) in [5.41, 5.74) is 0.386. The van der Waals surface area contributed by atoms with E-state index in [4.69, 9.17) is 9.84 Å². The van der Waals surface area contributed by atoms with Gasteiger partial charge < -0.3 is 9.84 Å². The zero-order valence-electron chi connectivity index (χ0n) is 11.7. The first kappa shape index (κ1) is 13.8. The lowest BCUT2D eigenvalue weighted by molar-refractivity contribution is 0.0531. The number of carbonyl (C=O) groups is 1. The first-order valence-electron chi connectivity index (χ1n) is 6.71. The third-order valence-corrected chi connectivity index (χ3v) is 3.65. The second kappa shape index (κ2) is 5.19. The Balaban J connectivity index is 2.15. The Hall–Kier alpha value is -1.58. The molecule has 1 aromatic rings. The van der Waals surface area contributed by atoms with Gasteiger partial charge in [-0.25, -0.2) is 4.79 Å². The molecule has 0 bridgehead atoms. The van der Waals surface area contributed by atoms with Crippen LogP contribution in [0.2, 0.25) is 0 Å². The quantitative estimate of drug-likeness (QED) is 0.908. The van der Waals surface area contributed by atoms with Gasteiger partial charge in [0, 0.05) is 12.4 Å². The third kappa shape index (κ3) is 3.46. The average Bonchev–Trinajstić information content (AvgIpc) is 2.26. The number of carboxylic acids is 1. The lowest BCUT2D eigenvalue weighted by Crippen LogP contribution is -2.34. The maximum atomic E-state index is 11.1. The molecule has 2 atom stereocenters. The van der Waals surface area contributed by atoms with E-state index in [0.717, 1.165) is 12.8 Å². The fourth-order valence-corrected chi connectivity index (χ4v) is 3.17. The van der Waals surface area contributed by atoms with E-state index in [1.165, 1.54) is 12.6 Å². The lowest BCUT2D eigenvalue weighted by Gasteiger charge is -2.38. The van der Waals surface area contributed by atoms with E-state index in [1.54, 1.807) is 12.3 Å². The summed E-state index contributed by atoms with van der Waals surface area (Å²) in [4.78, 5) is 15.0. The first-order valence-corrected chi connectivity index (χ1v) is 6.71. The monoisotopic (exact) mass is 263 g/mol. The van der Waals surface area contributed by atoms with Gasteiger partial charge in [0.2, 0.25) is 0 Å². The highest BCUT2D eigenvalue weighted by atomic mass is 16.5. The molecule has 0 aromatic carbocycles. The Bertz CT molecular complexity index is 470. The van der Waals surface area contributed by atoms with Crippen LogP contribution >= 0.6 is 0 Å². The second-order valence-corrected chi connectivity index (χ2v) is 6.33. The summed E-state index contributed by atoms with van der Waals surface area (Å²) >= 11 is 0. The van der Waals surface area contributed by atoms with E-state index >= 15 is 0 Å². The highest BCUT2D eigenvalue weighted by Crippen LogP contribution is 2.40. The van der Waals surface area contributed by atoms with Crippen molar-refractivity contribution in [1.82, 2.24) is 4.98 Å². The van der Waals surface area contributed by atoms with E-state index in [-0.39, 0.29) is 17.1 Å². The van der Waals surface area contributed by atoms with Crippen molar-refractivity contribution in [3.63, 3.8) is 0 Å². The number of pyridine rings is 1. The van der Waals surface area contributed by atoms with Crippen LogP contribution in [-0.2, 0) is 0 Å². The van der Waals surface area contributed by atoms with Crippen molar-refractivity contribution in [2.24, 2.45) is 11.3 Å². The molecule has 1 aliphatic carbocycles. The minimum Gasteiger partial charge on any atom is -0.489 e. The average molecular weight is 263 g/mol. The summed E-state index contributed by atoms with van der Waals surface area (Å²) < 4.78 is 5.93. The molecular formula is C15H21NO3. The van der Waals surface area contributed by atoms with Crippen molar-refractivity contribution in [3.8, 4) is 5.75 Å². The molecule has 0 saturated heterocycles. The largest absolute Gasteiger partial charge is 0.489 e. The van der Waals surface area contributed by atoms with Gasteiger partial charge >= 0.3 is 5.97 Å². The van der Waals surface area contributed by atoms with Crippen LogP contribution in [0, 0.1) is 11.3 Å². The molecule has 1 aromatic heterocycles. The molecule has 1 fully saturated rings. The van der Waals surface area contributed by atoms with Crippen molar-refractivity contribution in [2.75, 3.05) is 0 Å². The number of nitrogens with zero attached hydrogens (tertiary/aromatic N) is 1. The summed E-state index contributed by atoms with van der Waals surface area (Å²) in [6.07, 6.45) is 6.12. The molecule has 1 saturated carbocycles. The van der Waals surface area contributed by atoms with E-state index in [9.17, 15) is 4.79 Å². The number of rotatable bonds is 3. The number of hydrogen-bond donors (Lipinski definition) is 1. The zero-order valence-corrected chi connectivity index (χ0v) is 11.7. The smallest absolute Gasteiger partial charge is 0.341 e. The lowest BCUT2D eigenvalue weighted by atomic mass is 9.71. The van der Waals surface area contributed by atoms with E-state index in [0.29, 0.717) is 11.7 Å². The first-order chi connectivity index (χ1) is 8.87. The predicted octanol–water partition coefficient (Wildman–Crippen LogP) is 3.37. The van der Waals surface area contributed by atoms with Crippen molar-refractivity contribution in [2.45, 2.75) is 46.1 Å². The van der Waals surface area contributed by atoms with Gasteiger partial charge in [0.25, 0.3) is 0 Å². The van der Waals surface area contributed by atoms with Crippen LogP contribution in [0.4, 0.5) is 0 Å². The molecule has 4 nitrogen and oxygen atoms in total. The minimum absolute atomic E-state index is 0.0826. The van der Waals surface area contributed by atoms with Gasteiger partial charge in [0.15, 0.2) is 0 Å². The Morgan fingerprint density at radius 2 is 2.21 bits per heavy atom. The molecule has 0 amide bonds. The molecule has 0 spiro atoms. The van der Waals surface area contributed by atoms with Crippen LogP contribution in [0.25, 0.3) is 0 Å². The molecule has 1 heterocycles. The van der Waals surface area contributed by atoms with Crippen LogP contribution in [0.3, 0.4) is 0 Å². The highest BCUT2D eigenvalue weighted by Gasteiger charge is 2.33. The van der Waals surface area contributed by atoms with Crippen LogP contribution in [0.15, 0.2) is 18.5 Å². The normalized spacial score (nSPS) is 25.8. The molecule has 1 aliphatic rings. The van der Waals surface area contributed by atoms with Gasteiger partial charge in [-0.1, -0.05) is 20.8 Å². The fraction of sp³-hybridized carbons (Fsp3) is 0.600. The summed E-state index contributed by atoms with van der Waals surface area (Å²) in [7, 11) is 0. The number of ether oxygens (including phenoxy) is 1. The van der Waals surface area contributed by atoms with Gasteiger partial charge in [-0.2, -0.15) is 0 Å². The van der Waals surface area contributed by atoms with E-state index in [2.05, 4.69) is 25.8 Å². The van der Waals surface area contributed by atoms with Crippen molar-refractivity contribution in [3.05, 3.63) is 24.0 Å². The predicted molar refractivity (Wildman–Crippen MR) is 72.4 cm³/mol. The van der Waals surface area contributed by atoms with E-state index in [1.807, 2.05) is 0 Å². The van der Waals surface area contributed by atoms with Crippen LogP contribution in [-0.4, -0.2) is 22.2 Å². The molecule has 2 unspecified atom stereocenters. The zero-order chi connectivity index (χ0) is 14.0. The molecule has 0 radical (unpaired) electrons. The Morgan fingerprint density at radius 1 is 1.47 bits per heavy atom. The summed E-state index contributed by atoms with van der Waals surface area (Å²) in [6.45, 7) is 6.70. The summed E-state index contributed by atoms with van der Waals surface area (Å²) in [5, 5.41) is 9.13. The topological polar surface area (TPSA) is 59.4 Å². The number of aromatic carboxylic acids is 1. The maximum absolute atomic E-state index is 11.1. The van der Waals surface area contributed by atoms with Crippen molar-refractivity contribution < 1.29 is 14.6 Å². The molecule has 1 N–H and O–H groups in total. The van der Waals surface area contributed by atoms with Crippen molar-refractivity contribution in [1.29, 1.82) is 0 Å². The van der Waals surface area contributed by atoms with Crippen LogP contribution in [0.5, 0.6) is 5.75 Å². The fourth-order valence-electron chi connectivity index (χ4n) is 3.17. The molecule has 104 valence electrons. The van der Waals surface area contributed by atoms with Crippen LogP contribution in [0.1, 0.15) is 50.4 Å². The standard InChI is InChI=1S/C15H21NO3/c1-10-6-11(8-15(2,3)7-10)19-13-4-5-16-9-12(13)14(17)18/h4-5,9-11H,6-8H2,1-3H3,(H,17,18).